The molecule has 0 bridgehead atoms. The summed E-state index contributed by atoms with van der Waals surface area (Å²) in [5.74, 6) is 2.58. The minimum absolute atomic E-state index is 0.0776. The van der Waals surface area contributed by atoms with Gasteiger partial charge in [-0.25, -0.2) is 0 Å². The zero-order valence-electron chi connectivity index (χ0n) is 27.6. The molecular formula is C38H38N2O8. The van der Waals surface area contributed by atoms with Gasteiger partial charge < -0.3 is 38.6 Å². The largest absolute Gasteiger partial charge is 0.496 e. The molecule has 1 fully saturated rings. The molecular weight excluding hydrogens is 612 g/mol. The molecule has 2 heterocycles. The number of hydrogen-bond donors (Lipinski definition) is 1. The number of carbonyl (C=O) groups excluding carboxylic acids is 2. The van der Waals surface area contributed by atoms with E-state index in [0.29, 0.717) is 52.2 Å². The number of amides is 2. The number of carbonyl (C=O) groups is 2. The van der Waals surface area contributed by atoms with Gasteiger partial charge in [0.25, 0.3) is 5.91 Å². The van der Waals surface area contributed by atoms with Crippen molar-refractivity contribution in [1.82, 2.24) is 10.2 Å². The fourth-order valence-corrected chi connectivity index (χ4v) is 6.20. The van der Waals surface area contributed by atoms with Crippen LogP contribution in [0.2, 0.25) is 0 Å². The van der Waals surface area contributed by atoms with Crippen LogP contribution >= 0.6 is 0 Å². The Kier molecular flexibility index (Phi) is 9.43. The average Bonchev–Trinajstić information content (AvgIpc) is 3.58. The molecule has 10 heteroatoms. The summed E-state index contributed by atoms with van der Waals surface area (Å²) in [5, 5.41) is 2.96. The maximum Gasteiger partial charge on any atom is 0.268 e. The van der Waals surface area contributed by atoms with Crippen LogP contribution in [0, 0.1) is 13.8 Å². The molecule has 248 valence electrons. The molecule has 1 atom stereocenters. The van der Waals surface area contributed by atoms with E-state index in [0.717, 1.165) is 22.3 Å². The summed E-state index contributed by atoms with van der Waals surface area (Å²) in [5.41, 5.74) is 4.77. The van der Waals surface area contributed by atoms with E-state index in [1.54, 1.807) is 39.5 Å². The van der Waals surface area contributed by atoms with E-state index in [1.165, 1.54) is 4.90 Å². The molecule has 0 aliphatic carbocycles. The van der Waals surface area contributed by atoms with Crippen LogP contribution in [0.4, 0.5) is 0 Å². The Hall–Kier alpha value is -5.64. The van der Waals surface area contributed by atoms with Crippen LogP contribution in [0.1, 0.15) is 33.4 Å². The summed E-state index contributed by atoms with van der Waals surface area (Å²) < 4.78 is 34.7. The van der Waals surface area contributed by atoms with E-state index in [9.17, 15) is 9.59 Å². The number of hydrogen-bond acceptors (Lipinski definition) is 8. The van der Waals surface area contributed by atoms with Gasteiger partial charge in [0.05, 0.1) is 27.9 Å². The van der Waals surface area contributed by atoms with Gasteiger partial charge in [-0.1, -0.05) is 60.7 Å². The molecule has 1 N–H and O–H groups in total. The fourth-order valence-electron chi connectivity index (χ4n) is 6.20. The third kappa shape index (κ3) is 6.33. The van der Waals surface area contributed by atoms with Crippen LogP contribution in [-0.4, -0.2) is 50.9 Å². The Balaban J connectivity index is 1.40. The van der Waals surface area contributed by atoms with Gasteiger partial charge in [-0.3, -0.25) is 9.59 Å². The summed E-state index contributed by atoms with van der Waals surface area (Å²) in [4.78, 5) is 30.0. The molecule has 2 aliphatic heterocycles. The monoisotopic (exact) mass is 650 g/mol. The zero-order chi connectivity index (χ0) is 33.8. The number of nitrogens with one attached hydrogen (secondary N) is 1. The molecule has 4 aromatic carbocycles. The van der Waals surface area contributed by atoms with E-state index < -0.39 is 11.9 Å². The summed E-state index contributed by atoms with van der Waals surface area (Å²) in [7, 11) is 4.67. The molecule has 6 rings (SSSR count). The highest BCUT2D eigenvalue weighted by Gasteiger charge is 2.38. The van der Waals surface area contributed by atoms with E-state index in [1.807, 2.05) is 74.5 Å². The molecule has 10 nitrogen and oxygen atoms in total. The normalized spacial score (nSPS) is 16.1. The quantitative estimate of drug-likeness (QED) is 0.205. The minimum Gasteiger partial charge on any atom is -0.496 e. The third-order valence-corrected chi connectivity index (χ3v) is 8.52. The highest BCUT2D eigenvalue weighted by atomic mass is 16.7. The highest BCUT2D eigenvalue weighted by molar-refractivity contribution is 6.07. The Labute approximate surface area is 279 Å². The fraction of sp³-hybridized carbons (Fsp3) is 0.263. The lowest BCUT2D eigenvalue weighted by Gasteiger charge is -2.35. The van der Waals surface area contributed by atoms with Crippen molar-refractivity contribution in [3.8, 4) is 34.5 Å². The maximum absolute atomic E-state index is 14.4. The summed E-state index contributed by atoms with van der Waals surface area (Å²) >= 11 is 0. The second-order valence-electron chi connectivity index (χ2n) is 11.5. The standard InChI is InChI=1S/C38H38N2O8/c1-23-33(44-4)27(18-31(43-3)35(23)45-5)16-29-38(42)40(20-25-12-8-6-9-13-25)30(37(41)39-29)17-28-19-32-36(48-22-47-32)24(2)34(28)46-21-26-14-10-7-11-15-26/h6-15,17-19,29H,16,20-22H2,1-5H3,(H,39,41)/b30-17-. The molecule has 0 aromatic heterocycles. The molecule has 2 aliphatic rings. The second-order valence-corrected chi connectivity index (χ2v) is 11.5. The first-order valence-electron chi connectivity index (χ1n) is 15.6. The van der Waals surface area contributed by atoms with Gasteiger partial charge >= 0.3 is 0 Å². The van der Waals surface area contributed by atoms with Crippen LogP contribution in [-0.2, 0) is 29.2 Å². The molecule has 0 spiro atoms. The predicted octanol–water partition coefficient (Wildman–Crippen LogP) is 5.75. The number of rotatable bonds is 11. The molecule has 0 saturated carbocycles. The molecule has 0 radical (unpaired) electrons. The van der Waals surface area contributed by atoms with Gasteiger partial charge in [-0.15, -0.1) is 0 Å². The number of ether oxygens (including phenoxy) is 6. The lowest BCUT2D eigenvalue weighted by molar-refractivity contribution is -0.140. The van der Waals surface area contributed by atoms with Crippen molar-refractivity contribution in [1.29, 1.82) is 0 Å². The van der Waals surface area contributed by atoms with Crippen molar-refractivity contribution >= 4 is 17.9 Å². The minimum atomic E-state index is -0.878. The van der Waals surface area contributed by atoms with E-state index in [-0.39, 0.29) is 31.4 Å². The Bertz CT molecular complexity index is 1860. The number of benzene rings is 4. The lowest BCUT2D eigenvalue weighted by Crippen LogP contribution is -2.57. The molecule has 4 aromatic rings. The Morgan fingerprint density at radius 2 is 1.52 bits per heavy atom. The predicted molar refractivity (Wildman–Crippen MR) is 180 cm³/mol. The topological polar surface area (TPSA) is 105 Å². The van der Waals surface area contributed by atoms with Crippen LogP contribution < -0.4 is 33.7 Å². The zero-order valence-corrected chi connectivity index (χ0v) is 27.6. The Morgan fingerprint density at radius 3 is 2.19 bits per heavy atom. The number of fused-ring (bicyclic) bond motifs is 1. The first-order valence-corrected chi connectivity index (χ1v) is 15.6. The third-order valence-electron chi connectivity index (χ3n) is 8.52. The second kappa shape index (κ2) is 14.0. The van der Waals surface area contributed by atoms with Gasteiger partial charge in [0.15, 0.2) is 23.0 Å². The average molecular weight is 651 g/mol. The summed E-state index contributed by atoms with van der Waals surface area (Å²) in [6.45, 7) is 4.30. The van der Waals surface area contributed by atoms with Crippen molar-refractivity contribution in [2.45, 2.75) is 39.5 Å². The molecule has 2 amide bonds. The van der Waals surface area contributed by atoms with Crippen molar-refractivity contribution in [2.75, 3.05) is 28.1 Å². The van der Waals surface area contributed by atoms with Gasteiger partial charge in [0.2, 0.25) is 12.7 Å². The van der Waals surface area contributed by atoms with Crippen molar-refractivity contribution in [3.63, 3.8) is 0 Å². The molecule has 48 heavy (non-hydrogen) atoms. The maximum atomic E-state index is 14.4. The van der Waals surface area contributed by atoms with Crippen LogP contribution in [0.25, 0.3) is 6.08 Å². The van der Waals surface area contributed by atoms with Crippen molar-refractivity contribution in [2.24, 2.45) is 0 Å². The van der Waals surface area contributed by atoms with Gasteiger partial charge in [-0.2, -0.15) is 0 Å². The molecule has 1 unspecified atom stereocenters. The van der Waals surface area contributed by atoms with Crippen molar-refractivity contribution in [3.05, 3.63) is 112 Å². The van der Waals surface area contributed by atoms with Crippen LogP contribution in [0.15, 0.2) is 78.5 Å². The number of piperazine rings is 1. The highest BCUT2D eigenvalue weighted by Crippen LogP contribution is 2.44. The lowest BCUT2D eigenvalue weighted by atomic mass is 9.97. The van der Waals surface area contributed by atoms with Gasteiger partial charge in [0, 0.05) is 28.7 Å². The first kappa shape index (κ1) is 32.3. The van der Waals surface area contributed by atoms with Crippen molar-refractivity contribution < 1.29 is 38.0 Å². The first-order chi connectivity index (χ1) is 23.3. The van der Waals surface area contributed by atoms with Crippen LogP contribution in [0.3, 0.4) is 0 Å². The smallest absolute Gasteiger partial charge is 0.268 e. The molecule has 1 saturated heterocycles. The van der Waals surface area contributed by atoms with E-state index in [2.05, 4.69) is 5.32 Å². The SMILES string of the molecule is COc1cc(CC2NC(=O)/C(=C/c3cc4c(c(C)c3OCc3ccccc3)OCO4)N(Cc3ccccc3)C2=O)c(OC)c(C)c1OC. The van der Waals surface area contributed by atoms with Gasteiger partial charge in [-0.05, 0) is 43.2 Å². The van der Waals surface area contributed by atoms with E-state index in [4.69, 9.17) is 28.4 Å². The van der Waals surface area contributed by atoms with Gasteiger partial charge in [0.1, 0.15) is 29.8 Å². The Morgan fingerprint density at radius 1 is 0.833 bits per heavy atom. The number of nitrogens with zero attached hydrogens (tertiary/aromatic N) is 1. The summed E-state index contributed by atoms with van der Waals surface area (Å²) in [6, 6.07) is 22.0. The number of methoxy groups -OCH3 is 3. The summed E-state index contributed by atoms with van der Waals surface area (Å²) in [6.07, 6.45) is 1.85. The van der Waals surface area contributed by atoms with Crippen LogP contribution in [0.5, 0.6) is 34.5 Å². The van der Waals surface area contributed by atoms with E-state index >= 15 is 0 Å².